The second kappa shape index (κ2) is 10.8. The third-order valence-electron chi connectivity index (χ3n) is 5.15. The number of hydrogen-bond acceptors (Lipinski definition) is 6. The molecule has 0 atom stereocenters. The van der Waals surface area contributed by atoms with E-state index in [2.05, 4.69) is 16.6 Å². The zero-order chi connectivity index (χ0) is 24.0. The number of anilines is 1. The van der Waals surface area contributed by atoms with Crippen molar-refractivity contribution < 1.29 is 27.5 Å². The standard InChI is InChI=1S/C22H25F3N4O3S/c1-3-12-33-27-18-5-4-15(13-19(18)32-2)20(30)28-8-10-29(11-9-28)21(31)16-14-26-7-6-17(16)22(23,24)25/h4-7,13-14,27H,3,8-12H2,1-2H3. The Bertz CT molecular complexity index is 995. The minimum atomic E-state index is -4.65. The zero-order valence-corrected chi connectivity index (χ0v) is 19.1. The van der Waals surface area contributed by atoms with Gasteiger partial charge in [0.1, 0.15) is 5.75 Å². The van der Waals surface area contributed by atoms with Crippen LogP contribution < -0.4 is 9.46 Å². The van der Waals surface area contributed by atoms with Crippen molar-refractivity contribution in [3.8, 4) is 5.75 Å². The fourth-order valence-electron chi connectivity index (χ4n) is 3.42. The molecular weight excluding hydrogens is 457 g/mol. The van der Waals surface area contributed by atoms with Gasteiger partial charge in [-0.15, -0.1) is 0 Å². The van der Waals surface area contributed by atoms with Crippen LogP contribution in [-0.4, -0.2) is 65.6 Å². The highest BCUT2D eigenvalue weighted by molar-refractivity contribution is 8.00. The van der Waals surface area contributed by atoms with E-state index in [0.29, 0.717) is 11.3 Å². The highest BCUT2D eigenvalue weighted by Gasteiger charge is 2.37. The van der Waals surface area contributed by atoms with Gasteiger partial charge in [-0.25, -0.2) is 0 Å². The molecule has 1 saturated heterocycles. The first-order valence-electron chi connectivity index (χ1n) is 10.4. The van der Waals surface area contributed by atoms with Crippen LogP contribution in [0.5, 0.6) is 5.75 Å². The number of benzene rings is 1. The first-order valence-corrected chi connectivity index (χ1v) is 11.4. The van der Waals surface area contributed by atoms with Crippen molar-refractivity contribution in [3.05, 3.63) is 53.3 Å². The largest absolute Gasteiger partial charge is 0.495 e. The number of pyridine rings is 1. The molecule has 3 rings (SSSR count). The van der Waals surface area contributed by atoms with Crippen molar-refractivity contribution in [2.75, 3.05) is 43.8 Å². The number of alkyl halides is 3. The zero-order valence-electron chi connectivity index (χ0n) is 18.3. The number of aromatic nitrogens is 1. The van der Waals surface area contributed by atoms with Gasteiger partial charge >= 0.3 is 6.18 Å². The molecule has 11 heteroatoms. The Morgan fingerprint density at radius 1 is 1.12 bits per heavy atom. The van der Waals surface area contributed by atoms with E-state index in [9.17, 15) is 22.8 Å². The van der Waals surface area contributed by atoms with E-state index in [-0.39, 0.29) is 32.1 Å². The minimum Gasteiger partial charge on any atom is -0.495 e. The summed E-state index contributed by atoms with van der Waals surface area (Å²) in [4.78, 5) is 32.2. The van der Waals surface area contributed by atoms with Gasteiger partial charge in [0.15, 0.2) is 0 Å². The molecule has 2 amide bonds. The molecule has 178 valence electrons. The monoisotopic (exact) mass is 482 g/mol. The Balaban J connectivity index is 1.65. The number of carbonyl (C=O) groups excluding carboxylic acids is 2. The molecule has 2 heterocycles. The maximum Gasteiger partial charge on any atom is 0.417 e. The fraction of sp³-hybridized carbons (Fsp3) is 0.409. The molecule has 0 unspecified atom stereocenters. The van der Waals surface area contributed by atoms with E-state index in [0.717, 1.165) is 36.3 Å². The number of methoxy groups -OCH3 is 1. The molecule has 1 aromatic carbocycles. The average Bonchev–Trinajstić information content (AvgIpc) is 2.83. The first-order chi connectivity index (χ1) is 15.8. The second-order valence-corrected chi connectivity index (χ2v) is 8.27. The number of amides is 2. The topological polar surface area (TPSA) is 74.8 Å². The van der Waals surface area contributed by atoms with E-state index in [4.69, 9.17) is 4.74 Å². The van der Waals surface area contributed by atoms with Crippen LogP contribution in [0.15, 0.2) is 36.7 Å². The third-order valence-corrected chi connectivity index (χ3v) is 6.12. The Morgan fingerprint density at radius 2 is 1.79 bits per heavy atom. The lowest BCUT2D eigenvalue weighted by Crippen LogP contribution is -2.50. The quantitative estimate of drug-likeness (QED) is 0.472. The van der Waals surface area contributed by atoms with E-state index >= 15 is 0 Å². The highest BCUT2D eigenvalue weighted by atomic mass is 32.2. The molecule has 0 radical (unpaired) electrons. The van der Waals surface area contributed by atoms with Crippen LogP contribution in [0.4, 0.5) is 18.9 Å². The number of rotatable bonds is 7. The van der Waals surface area contributed by atoms with Crippen molar-refractivity contribution in [2.24, 2.45) is 0 Å². The van der Waals surface area contributed by atoms with Gasteiger partial charge in [0.25, 0.3) is 11.8 Å². The van der Waals surface area contributed by atoms with Gasteiger partial charge in [0, 0.05) is 49.9 Å². The van der Waals surface area contributed by atoms with Gasteiger partial charge in [-0.3, -0.25) is 14.6 Å². The van der Waals surface area contributed by atoms with Crippen LogP contribution in [0.3, 0.4) is 0 Å². The Labute approximate surface area is 194 Å². The second-order valence-electron chi connectivity index (χ2n) is 7.37. The van der Waals surface area contributed by atoms with Crippen LogP contribution in [0.25, 0.3) is 0 Å². The van der Waals surface area contributed by atoms with Gasteiger partial charge in [-0.1, -0.05) is 18.9 Å². The average molecular weight is 483 g/mol. The van der Waals surface area contributed by atoms with Crippen LogP contribution in [0.2, 0.25) is 0 Å². The number of ether oxygens (including phenoxy) is 1. The maximum absolute atomic E-state index is 13.2. The Hall–Kier alpha value is -2.95. The molecule has 0 spiro atoms. The summed E-state index contributed by atoms with van der Waals surface area (Å²) in [5, 5.41) is 0. The molecule has 33 heavy (non-hydrogen) atoms. The molecule has 0 aliphatic carbocycles. The number of piperazine rings is 1. The molecular formula is C22H25F3N4O3S. The minimum absolute atomic E-state index is 0.126. The van der Waals surface area contributed by atoms with Crippen LogP contribution in [-0.2, 0) is 6.18 Å². The van der Waals surface area contributed by atoms with Crippen molar-refractivity contribution >= 4 is 29.4 Å². The first kappa shape index (κ1) is 24.7. The van der Waals surface area contributed by atoms with Crippen LogP contribution in [0.1, 0.15) is 39.6 Å². The summed E-state index contributed by atoms with van der Waals surface area (Å²) in [5.74, 6) is 0.486. The van der Waals surface area contributed by atoms with Gasteiger partial charge in [0.05, 0.1) is 23.9 Å². The van der Waals surface area contributed by atoms with Crippen molar-refractivity contribution in [1.82, 2.24) is 14.8 Å². The summed E-state index contributed by atoms with van der Waals surface area (Å²) >= 11 is 1.54. The smallest absolute Gasteiger partial charge is 0.417 e. The van der Waals surface area contributed by atoms with Crippen molar-refractivity contribution in [1.29, 1.82) is 0 Å². The lowest BCUT2D eigenvalue weighted by Gasteiger charge is -2.35. The molecule has 1 fully saturated rings. The van der Waals surface area contributed by atoms with Crippen LogP contribution >= 0.6 is 11.9 Å². The van der Waals surface area contributed by atoms with Gasteiger partial charge in [0.2, 0.25) is 0 Å². The number of hydrogen-bond donors (Lipinski definition) is 1. The Kier molecular flexibility index (Phi) is 8.06. The van der Waals surface area contributed by atoms with Gasteiger partial charge in [-0.2, -0.15) is 13.2 Å². The van der Waals surface area contributed by atoms with E-state index in [1.54, 1.807) is 35.0 Å². The molecule has 1 aliphatic rings. The van der Waals surface area contributed by atoms with Crippen LogP contribution in [0, 0.1) is 0 Å². The Morgan fingerprint density at radius 3 is 2.39 bits per heavy atom. The predicted octanol–water partition coefficient (Wildman–Crippen LogP) is 4.18. The highest BCUT2D eigenvalue weighted by Crippen LogP contribution is 2.32. The lowest BCUT2D eigenvalue weighted by atomic mass is 10.1. The molecule has 2 aromatic rings. The number of carbonyl (C=O) groups is 2. The normalized spacial score (nSPS) is 14.2. The van der Waals surface area contributed by atoms with Crippen molar-refractivity contribution in [3.63, 3.8) is 0 Å². The van der Waals surface area contributed by atoms with E-state index in [1.807, 2.05) is 0 Å². The number of nitrogens with zero attached hydrogens (tertiary/aromatic N) is 3. The molecule has 1 aromatic heterocycles. The van der Waals surface area contributed by atoms with E-state index in [1.165, 1.54) is 12.0 Å². The molecule has 0 bridgehead atoms. The third kappa shape index (κ3) is 5.89. The lowest BCUT2D eigenvalue weighted by molar-refractivity contribution is -0.138. The van der Waals surface area contributed by atoms with Crippen molar-refractivity contribution in [2.45, 2.75) is 19.5 Å². The van der Waals surface area contributed by atoms with Gasteiger partial charge in [-0.05, 0) is 30.7 Å². The molecule has 7 nitrogen and oxygen atoms in total. The summed E-state index contributed by atoms with van der Waals surface area (Å²) in [5.41, 5.74) is -0.304. The van der Waals surface area contributed by atoms with E-state index < -0.39 is 23.2 Å². The summed E-state index contributed by atoms with van der Waals surface area (Å²) < 4.78 is 48.3. The predicted molar refractivity (Wildman–Crippen MR) is 120 cm³/mol. The number of nitrogens with one attached hydrogen (secondary N) is 1. The molecule has 1 aliphatic heterocycles. The summed E-state index contributed by atoms with van der Waals surface area (Å²) in [6.07, 6.45) is -1.69. The summed E-state index contributed by atoms with van der Waals surface area (Å²) in [6.45, 7) is 2.75. The number of halogens is 3. The van der Waals surface area contributed by atoms with Gasteiger partial charge < -0.3 is 19.3 Å². The molecule has 0 saturated carbocycles. The summed E-state index contributed by atoms with van der Waals surface area (Å²) in [6, 6.07) is 5.91. The fourth-order valence-corrected chi connectivity index (χ4v) is 4.05. The maximum atomic E-state index is 13.2. The summed E-state index contributed by atoms with van der Waals surface area (Å²) in [7, 11) is 1.53. The SMILES string of the molecule is CCCSNc1ccc(C(=O)N2CCN(C(=O)c3cnccc3C(F)(F)F)CC2)cc1OC. The molecule has 1 N–H and O–H groups in total.